The summed E-state index contributed by atoms with van der Waals surface area (Å²) in [6.07, 6.45) is 4.56. The standard InChI is InChI=1S/C11H24N2O/c1-10(12)11-4-7-13(8-5-11)6-2-3-9-14/h10-11,14H,2-9,12H2,1H3. The number of hydrogen-bond donors (Lipinski definition) is 2. The van der Waals surface area contributed by atoms with Gasteiger partial charge in [-0.1, -0.05) is 0 Å². The first-order valence-electron chi connectivity index (χ1n) is 5.83. The maximum absolute atomic E-state index is 8.68. The number of rotatable bonds is 5. The molecule has 1 rings (SSSR count). The molecule has 0 aromatic heterocycles. The van der Waals surface area contributed by atoms with Crippen LogP contribution in [0.5, 0.6) is 0 Å². The Kier molecular flexibility index (Phi) is 5.45. The second-order valence-corrected chi connectivity index (χ2v) is 4.47. The van der Waals surface area contributed by atoms with Crippen LogP contribution in [-0.2, 0) is 0 Å². The summed E-state index contributed by atoms with van der Waals surface area (Å²) in [5.74, 6) is 0.726. The highest BCUT2D eigenvalue weighted by Crippen LogP contribution is 2.19. The Labute approximate surface area is 87.3 Å². The topological polar surface area (TPSA) is 49.5 Å². The average Bonchev–Trinajstić information content (AvgIpc) is 2.19. The van der Waals surface area contributed by atoms with Crippen LogP contribution < -0.4 is 5.73 Å². The number of hydrogen-bond acceptors (Lipinski definition) is 3. The summed E-state index contributed by atoms with van der Waals surface area (Å²) in [5, 5.41) is 8.68. The van der Waals surface area contributed by atoms with Gasteiger partial charge in [0, 0.05) is 12.6 Å². The minimum absolute atomic E-state index is 0.330. The van der Waals surface area contributed by atoms with E-state index in [0.29, 0.717) is 12.6 Å². The van der Waals surface area contributed by atoms with E-state index in [1.807, 2.05) is 0 Å². The van der Waals surface area contributed by atoms with Crippen LogP contribution in [0.4, 0.5) is 0 Å². The molecular formula is C11H24N2O. The van der Waals surface area contributed by atoms with Gasteiger partial charge in [0.05, 0.1) is 0 Å². The van der Waals surface area contributed by atoms with Crippen molar-refractivity contribution in [3.8, 4) is 0 Å². The van der Waals surface area contributed by atoms with E-state index in [4.69, 9.17) is 10.8 Å². The predicted octanol–water partition coefficient (Wildman–Crippen LogP) is 0.818. The van der Waals surface area contributed by atoms with Crippen LogP contribution in [-0.4, -0.2) is 42.3 Å². The van der Waals surface area contributed by atoms with Crippen molar-refractivity contribution in [2.24, 2.45) is 11.7 Å². The summed E-state index contributed by atoms with van der Waals surface area (Å²) in [6.45, 7) is 5.98. The predicted molar refractivity (Wildman–Crippen MR) is 59.1 cm³/mol. The van der Waals surface area contributed by atoms with Crippen molar-refractivity contribution >= 4 is 0 Å². The van der Waals surface area contributed by atoms with Gasteiger partial charge in [0.25, 0.3) is 0 Å². The van der Waals surface area contributed by atoms with Crippen LogP contribution >= 0.6 is 0 Å². The molecule has 0 amide bonds. The highest BCUT2D eigenvalue weighted by atomic mass is 16.2. The summed E-state index contributed by atoms with van der Waals surface area (Å²) in [4.78, 5) is 2.49. The summed E-state index contributed by atoms with van der Waals surface area (Å²) in [6, 6.07) is 0.356. The lowest BCUT2D eigenvalue weighted by atomic mass is 9.91. The van der Waals surface area contributed by atoms with E-state index in [2.05, 4.69) is 11.8 Å². The van der Waals surface area contributed by atoms with E-state index in [9.17, 15) is 0 Å². The fourth-order valence-electron chi connectivity index (χ4n) is 2.15. The van der Waals surface area contributed by atoms with Crippen molar-refractivity contribution in [3.63, 3.8) is 0 Å². The summed E-state index contributed by atoms with van der Waals surface area (Å²) in [5.41, 5.74) is 5.88. The molecule has 0 aromatic rings. The van der Waals surface area contributed by atoms with Gasteiger partial charge in [-0.15, -0.1) is 0 Å². The Morgan fingerprint density at radius 2 is 2.00 bits per heavy atom. The Morgan fingerprint density at radius 1 is 1.36 bits per heavy atom. The minimum Gasteiger partial charge on any atom is -0.396 e. The Hall–Kier alpha value is -0.120. The largest absolute Gasteiger partial charge is 0.396 e. The van der Waals surface area contributed by atoms with Gasteiger partial charge in [0.1, 0.15) is 0 Å². The van der Waals surface area contributed by atoms with E-state index in [1.54, 1.807) is 0 Å². The fraction of sp³-hybridized carbons (Fsp3) is 1.00. The molecule has 0 radical (unpaired) electrons. The fourth-order valence-corrected chi connectivity index (χ4v) is 2.15. The van der Waals surface area contributed by atoms with Crippen molar-refractivity contribution < 1.29 is 5.11 Å². The van der Waals surface area contributed by atoms with Gasteiger partial charge in [-0.25, -0.2) is 0 Å². The van der Waals surface area contributed by atoms with E-state index < -0.39 is 0 Å². The van der Waals surface area contributed by atoms with Gasteiger partial charge in [-0.3, -0.25) is 0 Å². The van der Waals surface area contributed by atoms with Crippen LogP contribution in [0.2, 0.25) is 0 Å². The van der Waals surface area contributed by atoms with Gasteiger partial charge < -0.3 is 15.7 Å². The van der Waals surface area contributed by atoms with Crippen LogP contribution in [0.1, 0.15) is 32.6 Å². The quantitative estimate of drug-likeness (QED) is 0.646. The summed E-state index contributed by atoms with van der Waals surface area (Å²) < 4.78 is 0. The van der Waals surface area contributed by atoms with Crippen LogP contribution in [0.3, 0.4) is 0 Å². The molecule has 1 aliphatic rings. The molecule has 0 aromatic carbocycles. The summed E-state index contributed by atoms with van der Waals surface area (Å²) in [7, 11) is 0. The zero-order valence-electron chi connectivity index (χ0n) is 9.28. The molecule has 1 fully saturated rings. The van der Waals surface area contributed by atoms with Crippen molar-refractivity contribution in [2.45, 2.75) is 38.6 Å². The summed E-state index contributed by atoms with van der Waals surface area (Å²) >= 11 is 0. The molecule has 14 heavy (non-hydrogen) atoms. The van der Waals surface area contributed by atoms with E-state index in [-0.39, 0.29) is 0 Å². The SMILES string of the molecule is CC(N)C1CCN(CCCCO)CC1. The highest BCUT2D eigenvalue weighted by molar-refractivity contribution is 4.77. The number of aliphatic hydroxyl groups is 1. The van der Waals surface area contributed by atoms with Crippen LogP contribution in [0.15, 0.2) is 0 Å². The first-order valence-corrected chi connectivity index (χ1v) is 5.83. The smallest absolute Gasteiger partial charge is 0.0431 e. The third-order valence-corrected chi connectivity index (χ3v) is 3.26. The van der Waals surface area contributed by atoms with E-state index in [1.165, 1.54) is 25.9 Å². The molecular weight excluding hydrogens is 176 g/mol. The van der Waals surface area contributed by atoms with Gasteiger partial charge >= 0.3 is 0 Å². The molecule has 0 bridgehead atoms. The lowest BCUT2D eigenvalue weighted by Gasteiger charge is -2.33. The molecule has 1 saturated heterocycles. The molecule has 84 valence electrons. The zero-order valence-corrected chi connectivity index (χ0v) is 9.28. The Morgan fingerprint density at radius 3 is 2.50 bits per heavy atom. The van der Waals surface area contributed by atoms with Crippen molar-refractivity contribution in [3.05, 3.63) is 0 Å². The number of piperidine rings is 1. The van der Waals surface area contributed by atoms with Crippen LogP contribution in [0, 0.1) is 5.92 Å². The lowest BCUT2D eigenvalue weighted by molar-refractivity contribution is 0.165. The van der Waals surface area contributed by atoms with Gasteiger partial charge in [-0.05, 0) is 58.2 Å². The lowest BCUT2D eigenvalue weighted by Crippen LogP contribution is -2.40. The van der Waals surface area contributed by atoms with E-state index in [0.717, 1.165) is 25.3 Å². The molecule has 0 spiro atoms. The molecule has 0 aliphatic carbocycles. The second kappa shape index (κ2) is 6.38. The normalized spacial score (nSPS) is 22.5. The van der Waals surface area contributed by atoms with Crippen molar-refractivity contribution in [2.75, 3.05) is 26.2 Å². The molecule has 3 nitrogen and oxygen atoms in total. The van der Waals surface area contributed by atoms with Crippen molar-refractivity contribution in [1.82, 2.24) is 4.90 Å². The Balaban J connectivity index is 2.09. The molecule has 1 heterocycles. The third kappa shape index (κ3) is 3.95. The number of nitrogens with two attached hydrogens (primary N) is 1. The maximum Gasteiger partial charge on any atom is 0.0431 e. The average molecular weight is 200 g/mol. The number of nitrogens with zero attached hydrogens (tertiary/aromatic N) is 1. The molecule has 1 aliphatic heterocycles. The number of aliphatic hydroxyl groups excluding tert-OH is 1. The maximum atomic E-state index is 8.68. The van der Waals surface area contributed by atoms with Crippen molar-refractivity contribution in [1.29, 1.82) is 0 Å². The Bertz CT molecular complexity index is 142. The molecule has 3 N–H and O–H groups in total. The molecule has 0 saturated carbocycles. The van der Waals surface area contributed by atoms with Gasteiger partial charge in [-0.2, -0.15) is 0 Å². The molecule has 1 atom stereocenters. The van der Waals surface area contributed by atoms with Gasteiger partial charge in [0.2, 0.25) is 0 Å². The third-order valence-electron chi connectivity index (χ3n) is 3.26. The first-order chi connectivity index (χ1) is 6.74. The number of unbranched alkanes of at least 4 members (excludes halogenated alkanes) is 1. The molecule has 1 unspecified atom stereocenters. The monoisotopic (exact) mass is 200 g/mol. The van der Waals surface area contributed by atoms with Gasteiger partial charge in [0.15, 0.2) is 0 Å². The van der Waals surface area contributed by atoms with Crippen LogP contribution in [0.25, 0.3) is 0 Å². The highest BCUT2D eigenvalue weighted by Gasteiger charge is 2.20. The first kappa shape index (κ1) is 12.0. The minimum atomic E-state index is 0.330. The zero-order chi connectivity index (χ0) is 10.4. The second-order valence-electron chi connectivity index (χ2n) is 4.47. The van der Waals surface area contributed by atoms with E-state index >= 15 is 0 Å². The number of likely N-dealkylation sites (tertiary alicyclic amines) is 1. The molecule has 3 heteroatoms.